The van der Waals surface area contributed by atoms with Gasteiger partial charge in [-0.3, -0.25) is 0 Å². The molecule has 1 atom stereocenters. The fraction of sp³-hybridized carbons (Fsp3) is 0.111. The second-order valence-electron chi connectivity index (χ2n) is 5.00. The van der Waals surface area contributed by atoms with Gasteiger partial charge in [0.1, 0.15) is 6.10 Å². The number of aliphatic hydroxyl groups is 1. The Hall–Kier alpha value is -2.32. The Kier molecular flexibility index (Phi) is 3.40. The lowest BCUT2D eigenvalue weighted by Gasteiger charge is -2.12. The molecule has 2 N–H and O–H groups in total. The van der Waals surface area contributed by atoms with E-state index in [9.17, 15) is 5.11 Å². The van der Waals surface area contributed by atoms with Gasteiger partial charge in [0.2, 0.25) is 0 Å². The van der Waals surface area contributed by atoms with E-state index in [1.807, 2.05) is 61.8 Å². The van der Waals surface area contributed by atoms with Crippen molar-refractivity contribution in [3.8, 4) is 11.1 Å². The number of hydrogen-bond donors (Lipinski definition) is 2. The van der Waals surface area contributed by atoms with E-state index in [1.165, 1.54) is 5.56 Å². The number of benzene rings is 2. The lowest BCUT2D eigenvalue weighted by molar-refractivity contribution is 0.221. The van der Waals surface area contributed by atoms with Crippen LogP contribution in [-0.4, -0.2) is 10.1 Å². The Morgan fingerprint density at radius 2 is 1.60 bits per heavy atom. The van der Waals surface area contributed by atoms with Crippen LogP contribution in [0.2, 0.25) is 0 Å². The smallest absolute Gasteiger partial charge is 0.106 e. The van der Waals surface area contributed by atoms with Crippen LogP contribution in [0.5, 0.6) is 0 Å². The van der Waals surface area contributed by atoms with E-state index in [4.69, 9.17) is 0 Å². The van der Waals surface area contributed by atoms with E-state index in [2.05, 4.69) is 17.1 Å². The van der Waals surface area contributed by atoms with E-state index in [0.29, 0.717) is 0 Å². The number of aromatic amines is 1. The number of hydrogen-bond acceptors (Lipinski definition) is 1. The van der Waals surface area contributed by atoms with Gasteiger partial charge < -0.3 is 10.1 Å². The second-order valence-corrected chi connectivity index (χ2v) is 5.00. The third kappa shape index (κ3) is 2.38. The maximum absolute atomic E-state index is 10.6. The predicted octanol–water partition coefficient (Wildman–Crippen LogP) is 4.07. The normalized spacial score (nSPS) is 12.3. The summed E-state index contributed by atoms with van der Waals surface area (Å²) in [5.74, 6) is 0. The summed E-state index contributed by atoms with van der Waals surface area (Å²) in [4.78, 5) is 3.10. The minimum absolute atomic E-state index is 0.614. The van der Waals surface area contributed by atoms with Crippen molar-refractivity contribution < 1.29 is 5.11 Å². The van der Waals surface area contributed by atoms with Crippen molar-refractivity contribution in [3.63, 3.8) is 0 Å². The van der Waals surface area contributed by atoms with E-state index < -0.39 is 6.10 Å². The molecule has 2 heteroatoms. The molecule has 0 radical (unpaired) electrons. The van der Waals surface area contributed by atoms with E-state index in [0.717, 1.165) is 22.3 Å². The zero-order valence-corrected chi connectivity index (χ0v) is 11.4. The van der Waals surface area contributed by atoms with Crippen LogP contribution in [-0.2, 0) is 0 Å². The standard InChI is InChI=1S/C18H17NO/c1-13-7-9-15(10-8-13)18(20)17-12-19-11-16(17)14-5-3-2-4-6-14/h2-12,18-20H,1H3. The summed E-state index contributed by atoms with van der Waals surface area (Å²) < 4.78 is 0. The summed E-state index contributed by atoms with van der Waals surface area (Å²) in [6.45, 7) is 2.04. The first-order valence-corrected chi connectivity index (χ1v) is 6.72. The minimum atomic E-state index is -0.614. The Labute approximate surface area is 118 Å². The van der Waals surface area contributed by atoms with Gasteiger partial charge in [-0.2, -0.15) is 0 Å². The highest BCUT2D eigenvalue weighted by molar-refractivity contribution is 5.67. The fourth-order valence-electron chi connectivity index (χ4n) is 2.40. The molecule has 0 fully saturated rings. The number of H-pyrrole nitrogens is 1. The molecular formula is C18H17NO. The Morgan fingerprint density at radius 3 is 2.30 bits per heavy atom. The molecule has 0 saturated carbocycles. The van der Waals surface area contributed by atoms with E-state index >= 15 is 0 Å². The molecule has 0 aliphatic rings. The number of aromatic nitrogens is 1. The highest BCUT2D eigenvalue weighted by Crippen LogP contribution is 2.31. The van der Waals surface area contributed by atoms with Gasteiger partial charge in [0.15, 0.2) is 0 Å². The van der Waals surface area contributed by atoms with Gasteiger partial charge in [-0.25, -0.2) is 0 Å². The van der Waals surface area contributed by atoms with Crippen molar-refractivity contribution >= 4 is 0 Å². The van der Waals surface area contributed by atoms with Crippen LogP contribution >= 0.6 is 0 Å². The third-order valence-electron chi connectivity index (χ3n) is 3.55. The first kappa shape index (κ1) is 12.7. The van der Waals surface area contributed by atoms with Gasteiger partial charge in [0, 0.05) is 23.5 Å². The number of nitrogens with one attached hydrogen (secondary N) is 1. The summed E-state index contributed by atoms with van der Waals surface area (Å²) in [5.41, 5.74) is 5.15. The summed E-state index contributed by atoms with van der Waals surface area (Å²) in [6.07, 6.45) is 3.19. The molecule has 2 nitrogen and oxygen atoms in total. The molecule has 3 rings (SSSR count). The topological polar surface area (TPSA) is 36.0 Å². The van der Waals surface area contributed by atoms with E-state index in [1.54, 1.807) is 0 Å². The summed E-state index contributed by atoms with van der Waals surface area (Å²) in [5, 5.41) is 10.6. The number of rotatable bonds is 3. The molecule has 2 aromatic carbocycles. The number of aliphatic hydroxyl groups excluding tert-OH is 1. The molecule has 0 aliphatic heterocycles. The lowest BCUT2D eigenvalue weighted by Crippen LogP contribution is -1.99. The Morgan fingerprint density at radius 1 is 0.900 bits per heavy atom. The fourth-order valence-corrected chi connectivity index (χ4v) is 2.40. The van der Waals surface area contributed by atoms with Crippen LogP contribution in [0.3, 0.4) is 0 Å². The maximum Gasteiger partial charge on any atom is 0.106 e. The summed E-state index contributed by atoms with van der Waals surface area (Å²) >= 11 is 0. The molecule has 3 aromatic rings. The molecule has 0 saturated heterocycles. The van der Waals surface area contributed by atoms with Crippen LogP contribution in [0.4, 0.5) is 0 Å². The molecule has 1 heterocycles. The number of aryl methyl sites for hydroxylation is 1. The quantitative estimate of drug-likeness (QED) is 0.734. The first-order valence-electron chi connectivity index (χ1n) is 6.72. The second kappa shape index (κ2) is 5.35. The highest BCUT2D eigenvalue weighted by Gasteiger charge is 2.16. The van der Waals surface area contributed by atoms with Crippen LogP contribution in [0.1, 0.15) is 22.8 Å². The Balaban J connectivity index is 1.99. The van der Waals surface area contributed by atoms with Gasteiger partial charge >= 0.3 is 0 Å². The zero-order chi connectivity index (χ0) is 13.9. The molecule has 20 heavy (non-hydrogen) atoms. The monoisotopic (exact) mass is 263 g/mol. The van der Waals surface area contributed by atoms with Crippen LogP contribution in [0.25, 0.3) is 11.1 Å². The molecule has 1 unspecified atom stereocenters. The molecule has 0 bridgehead atoms. The van der Waals surface area contributed by atoms with Crippen molar-refractivity contribution in [1.29, 1.82) is 0 Å². The zero-order valence-electron chi connectivity index (χ0n) is 11.4. The van der Waals surface area contributed by atoms with Gasteiger partial charge in [0.05, 0.1) is 0 Å². The van der Waals surface area contributed by atoms with Crippen molar-refractivity contribution in [3.05, 3.63) is 83.7 Å². The van der Waals surface area contributed by atoms with Crippen LogP contribution < -0.4 is 0 Å². The predicted molar refractivity (Wildman–Crippen MR) is 81.5 cm³/mol. The van der Waals surface area contributed by atoms with Gasteiger partial charge in [0.25, 0.3) is 0 Å². The first-order chi connectivity index (χ1) is 9.75. The minimum Gasteiger partial charge on any atom is -0.384 e. The van der Waals surface area contributed by atoms with Crippen molar-refractivity contribution in [2.45, 2.75) is 13.0 Å². The SMILES string of the molecule is Cc1ccc(C(O)c2c[nH]cc2-c2ccccc2)cc1. The van der Waals surface area contributed by atoms with Crippen LogP contribution in [0.15, 0.2) is 67.0 Å². The van der Waals surface area contributed by atoms with Gasteiger partial charge in [-0.05, 0) is 18.1 Å². The van der Waals surface area contributed by atoms with Gasteiger partial charge in [-0.15, -0.1) is 0 Å². The maximum atomic E-state index is 10.6. The molecule has 0 aliphatic carbocycles. The average molecular weight is 263 g/mol. The van der Waals surface area contributed by atoms with Crippen molar-refractivity contribution in [2.24, 2.45) is 0 Å². The molecular weight excluding hydrogens is 246 g/mol. The largest absolute Gasteiger partial charge is 0.384 e. The van der Waals surface area contributed by atoms with Gasteiger partial charge in [-0.1, -0.05) is 60.2 Å². The van der Waals surface area contributed by atoms with Crippen LogP contribution in [0, 0.1) is 6.92 Å². The summed E-state index contributed by atoms with van der Waals surface area (Å²) in [7, 11) is 0. The summed E-state index contributed by atoms with van der Waals surface area (Å²) in [6, 6.07) is 18.1. The van der Waals surface area contributed by atoms with E-state index in [-0.39, 0.29) is 0 Å². The third-order valence-corrected chi connectivity index (χ3v) is 3.55. The van der Waals surface area contributed by atoms with Crippen molar-refractivity contribution in [1.82, 2.24) is 4.98 Å². The Bertz CT molecular complexity index is 683. The molecule has 1 aromatic heterocycles. The molecule has 0 amide bonds. The molecule has 100 valence electrons. The highest BCUT2D eigenvalue weighted by atomic mass is 16.3. The lowest BCUT2D eigenvalue weighted by atomic mass is 9.96. The average Bonchev–Trinajstić information content (AvgIpc) is 2.97. The van der Waals surface area contributed by atoms with Crippen molar-refractivity contribution in [2.75, 3.05) is 0 Å². The molecule has 0 spiro atoms.